The number of nitrogens with one attached hydrogen (secondary N) is 1. The standard InChI is InChI=1S/C16H21NOS/c1-10-8-14(10)15-6-5-13(18-15)9-17-12(3)16-7-4-11(2)19-16/h4-7,10,12,14,17H,8-9H2,1-3H3. The van der Waals surface area contributed by atoms with E-state index in [0.717, 1.165) is 18.2 Å². The molecule has 1 aliphatic carbocycles. The summed E-state index contributed by atoms with van der Waals surface area (Å²) in [5.74, 6) is 3.70. The molecule has 2 aromatic rings. The van der Waals surface area contributed by atoms with Gasteiger partial charge < -0.3 is 9.73 Å². The van der Waals surface area contributed by atoms with Gasteiger partial charge in [-0.25, -0.2) is 0 Å². The Morgan fingerprint density at radius 3 is 2.79 bits per heavy atom. The smallest absolute Gasteiger partial charge is 0.117 e. The van der Waals surface area contributed by atoms with Gasteiger partial charge in [0, 0.05) is 21.7 Å². The zero-order valence-electron chi connectivity index (χ0n) is 11.8. The van der Waals surface area contributed by atoms with Crippen molar-refractivity contribution in [3.63, 3.8) is 0 Å². The second-order valence-electron chi connectivity index (χ2n) is 5.67. The van der Waals surface area contributed by atoms with E-state index in [9.17, 15) is 0 Å². The van der Waals surface area contributed by atoms with Gasteiger partial charge in [-0.2, -0.15) is 0 Å². The molecule has 102 valence electrons. The molecule has 2 aromatic heterocycles. The fraction of sp³-hybridized carbons (Fsp3) is 0.500. The van der Waals surface area contributed by atoms with E-state index in [-0.39, 0.29) is 0 Å². The fourth-order valence-electron chi connectivity index (χ4n) is 2.45. The van der Waals surface area contributed by atoms with Crippen LogP contribution in [0.2, 0.25) is 0 Å². The van der Waals surface area contributed by atoms with Gasteiger partial charge in [-0.15, -0.1) is 11.3 Å². The zero-order chi connectivity index (χ0) is 13.4. The van der Waals surface area contributed by atoms with E-state index in [0.29, 0.717) is 12.0 Å². The first-order valence-electron chi connectivity index (χ1n) is 7.02. The highest BCUT2D eigenvalue weighted by Crippen LogP contribution is 2.47. The van der Waals surface area contributed by atoms with Gasteiger partial charge in [0.05, 0.1) is 6.54 Å². The molecular formula is C16H21NOS. The summed E-state index contributed by atoms with van der Waals surface area (Å²) in [4.78, 5) is 2.76. The van der Waals surface area contributed by atoms with Gasteiger partial charge >= 0.3 is 0 Å². The first-order chi connectivity index (χ1) is 9.13. The molecule has 0 spiro atoms. The van der Waals surface area contributed by atoms with E-state index in [1.54, 1.807) is 0 Å². The van der Waals surface area contributed by atoms with E-state index in [1.165, 1.54) is 21.9 Å². The van der Waals surface area contributed by atoms with E-state index >= 15 is 0 Å². The SMILES string of the molecule is Cc1ccc(C(C)NCc2ccc(C3CC3C)o2)s1. The van der Waals surface area contributed by atoms with Gasteiger partial charge in [-0.1, -0.05) is 6.92 Å². The Bertz CT molecular complexity index is 557. The third-order valence-corrected chi connectivity index (χ3v) is 5.11. The molecular weight excluding hydrogens is 254 g/mol. The second kappa shape index (κ2) is 5.14. The van der Waals surface area contributed by atoms with Crippen LogP contribution in [0.3, 0.4) is 0 Å². The van der Waals surface area contributed by atoms with Gasteiger partial charge in [-0.3, -0.25) is 0 Å². The van der Waals surface area contributed by atoms with E-state index in [2.05, 4.69) is 50.4 Å². The lowest BCUT2D eigenvalue weighted by Crippen LogP contribution is -2.16. The summed E-state index contributed by atoms with van der Waals surface area (Å²) >= 11 is 1.86. The average Bonchev–Trinajstić information content (AvgIpc) is 2.84. The van der Waals surface area contributed by atoms with Gasteiger partial charge in [0.1, 0.15) is 11.5 Å². The molecule has 0 bridgehead atoms. The maximum atomic E-state index is 5.91. The summed E-state index contributed by atoms with van der Waals surface area (Å²) in [7, 11) is 0. The number of aryl methyl sites for hydroxylation is 1. The Kier molecular flexibility index (Phi) is 3.50. The summed E-state index contributed by atoms with van der Waals surface area (Å²) in [6.45, 7) is 7.44. The predicted molar refractivity (Wildman–Crippen MR) is 79.5 cm³/mol. The summed E-state index contributed by atoms with van der Waals surface area (Å²) in [5, 5.41) is 3.53. The van der Waals surface area contributed by atoms with Crippen LogP contribution in [0.1, 0.15) is 53.5 Å². The molecule has 2 heterocycles. The van der Waals surface area contributed by atoms with Crippen LogP contribution >= 0.6 is 11.3 Å². The topological polar surface area (TPSA) is 25.2 Å². The van der Waals surface area contributed by atoms with Crippen LogP contribution in [-0.4, -0.2) is 0 Å². The molecule has 19 heavy (non-hydrogen) atoms. The van der Waals surface area contributed by atoms with Crippen molar-refractivity contribution >= 4 is 11.3 Å². The van der Waals surface area contributed by atoms with Gasteiger partial charge in [-0.05, 0) is 50.5 Å². The Labute approximate surface area is 118 Å². The van der Waals surface area contributed by atoms with Crippen molar-refractivity contribution in [3.05, 3.63) is 45.5 Å². The molecule has 2 nitrogen and oxygen atoms in total. The maximum Gasteiger partial charge on any atom is 0.117 e. The molecule has 0 aliphatic heterocycles. The Morgan fingerprint density at radius 2 is 2.16 bits per heavy atom. The van der Waals surface area contributed by atoms with Crippen LogP contribution in [0.4, 0.5) is 0 Å². The van der Waals surface area contributed by atoms with Crippen LogP contribution in [-0.2, 0) is 6.54 Å². The van der Waals surface area contributed by atoms with Crippen LogP contribution < -0.4 is 5.32 Å². The summed E-state index contributed by atoms with van der Waals surface area (Å²) in [6.07, 6.45) is 1.28. The lowest BCUT2D eigenvalue weighted by molar-refractivity contribution is 0.431. The average molecular weight is 275 g/mol. The van der Waals surface area contributed by atoms with E-state index < -0.39 is 0 Å². The molecule has 1 fully saturated rings. The molecule has 0 radical (unpaired) electrons. The molecule has 3 rings (SSSR count). The molecule has 3 heteroatoms. The van der Waals surface area contributed by atoms with E-state index in [1.807, 2.05) is 11.3 Å². The van der Waals surface area contributed by atoms with Crippen molar-refractivity contribution in [2.75, 3.05) is 0 Å². The minimum absolute atomic E-state index is 0.382. The monoisotopic (exact) mass is 275 g/mol. The first-order valence-corrected chi connectivity index (χ1v) is 7.83. The van der Waals surface area contributed by atoms with Crippen molar-refractivity contribution < 1.29 is 4.42 Å². The Hall–Kier alpha value is -1.06. The normalized spacial score (nSPS) is 23.5. The quantitative estimate of drug-likeness (QED) is 0.861. The highest BCUT2D eigenvalue weighted by Gasteiger charge is 2.36. The van der Waals surface area contributed by atoms with Crippen molar-refractivity contribution in [3.8, 4) is 0 Å². The van der Waals surface area contributed by atoms with E-state index in [4.69, 9.17) is 4.42 Å². The first kappa shape index (κ1) is 12.9. The molecule has 3 unspecified atom stereocenters. The second-order valence-corrected chi connectivity index (χ2v) is 6.99. The van der Waals surface area contributed by atoms with Gasteiger partial charge in [0.2, 0.25) is 0 Å². The highest BCUT2D eigenvalue weighted by molar-refractivity contribution is 7.12. The van der Waals surface area contributed by atoms with Crippen molar-refractivity contribution in [2.24, 2.45) is 5.92 Å². The number of rotatable bonds is 5. The minimum Gasteiger partial charge on any atom is -0.464 e. The maximum absolute atomic E-state index is 5.91. The Balaban J connectivity index is 1.55. The van der Waals surface area contributed by atoms with Crippen LogP contribution in [0.5, 0.6) is 0 Å². The van der Waals surface area contributed by atoms with Crippen LogP contribution in [0.25, 0.3) is 0 Å². The summed E-state index contributed by atoms with van der Waals surface area (Å²) < 4.78 is 5.91. The number of hydrogen-bond acceptors (Lipinski definition) is 3. The predicted octanol–water partition coefficient (Wildman–Crippen LogP) is 4.62. The third kappa shape index (κ3) is 2.93. The molecule has 1 aliphatic rings. The number of hydrogen-bond donors (Lipinski definition) is 1. The van der Waals surface area contributed by atoms with Gasteiger partial charge in [0.15, 0.2) is 0 Å². The largest absolute Gasteiger partial charge is 0.464 e. The molecule has 1 N–H and O–H groups in total. The van der Waals surface area contributed by atoms with Crippen molar-refractivity contribution in [1.82, 2.24) is 5.32 Å². The summed E-state index contributed by atoms with van der Waals surface area (Å²) in [5.41, 5.74) is 0. The lowest BCUT2D eigenvalue weighted by atomic mass is 10.2. The van der Waals surface area contributed by atoms with Crippen LogP contribution in [0.15, 0.2) is 28.7 Å². The minimum atomic E-state index is 0.382. The molecule has 0 amide bonds. The zero-order valence-corrected chi connectivity index (χ0v) is 12.6. The highest BCUT2D eigenvalue weighted by atomic mass is 32.1. The third-order valence-electron chi connectivity index (χ3n) is 3.93. The van der Waals surface area contributed by atoms with Crippen LogP contribution in [0, 0.1) is 12.8 Å². The van der Waals surface area contributed by atoms with Gasteiger partial charge in [0.25, 0.3) is 0 Å². The molecule has 3 atom stereocenters. The Morgan fingerprint density at radius 1 is 1.37 bits per heavy atom. The lowest BCUT2D eigenvalue weighted by Gasteiger charge is -2.10. The summed E-state index contributed by atoms with van der Waals surface area (Å²) in [6, 6.07) is 9.02. The molecule has 0 aromatic carbocycles. The molecule has 0 saturated heterocycles. The number of thiophene rings is 1. The van der Waals surface area contributed by atoms with Crippen molar-refractivity contribution in [1.29, 1.82) is 0 Å². The number of furan rings is 1. The fourth-order valence-corrected chi connectivity index (χ4v) is 3.35. The molecule has 1 saturated carbocycles. The van der Waals surface area contributed by atoms with Crippen molar-refractivity contribution in [2.45, 2.75) is 45.7 Å².